The Morgan fingerprint density at radius 1 is 1.50 bits per heavy atom. The highest BCUT2D eigenvalue weighted by atomic mass is 35.5. The molecule has 0 aliphatic carbocycles. The van der Waals surface area contributed by atoms with Crippen molar-refractivity contribution in [2.24, 2.45) is 5.92 Å². The summed E-state index contributed by atoms with van der Waals surface area (Å²) in [7, 11) is 2.00. The summed E-state index contributed by atoms with van der Waals surface area (Å²) >= 11 is 5.93. The first-order valence-electron chi connectivity index (χ1n) is 7.14. The van der Waals surface area contributed by atoms with Crippen molar-refractivity contribution < 1.29 is 9.13 Å². The van der Waals surface area contributed by atoms with Crippen LogP contribution in [0.3, 0.4) is 0 Å². The average molecular weight is 301 g/mol. The van der Waals surface area contributed by atoms with Crippen molar-refractivity contribution in [3.63, 3.8) is 0 Å². The molecule has 1 aliphatic heterocycles. The zero-order chi connectivity index (χ0) is 14.4. The summed E-state index contributed by atoms with van der Waals surface area (Å²) in [6, 6.07) is 4.23. The molecule has 1 fully saturated rings. The Morgan fingerprint density at radius 3 is 3.10 bits per heavy atom. The van der Waals surface area contributed by atoms with Gasteiger partial charge in [0.2, 0.25) is 0 Å². The number of hydrogen-bond acceptors (Lipinski definition) is 3. The average Bonchev–Trinajstić information content (AvgIpc) is 2.42. The number of likely N-dealkylation sites (tertiary alicyclic amines) is 1. The van der Waals surface area contributed by atoms with E-state index in [1.165, 1.54) is 25.0 Å². The maximum absolute atomic E-state index is 12.9. The molecule has 1 saturated heterocycles. The second-order valence-electron chi connectivity index (χ2n) is 5.29. The van der Waals surface area contributed by atoms with E-state index in [4.69, 9.17) is 16.3 Å². The lowest BCUT2D eigenvalue weighted by Crippen LogP contribution is -2.40. The predicted molar refractivity (Wildman–Crippen MR) is 80.0 cm³/mol. The molecule has 2 rings (SSSR count). The number of rotatable bonds is 6. The number of benzene rings is 1. The SMILES string of the molecule is CNCC1CCCN(CCOc2ccc(F)cc2Cl)C1. The van der Waals surface area contributed by atoms with E-state index in [1.54, 1.807) is 6.07 Å². The second kappa shape index (κ2) is 7.81. The van der Waals surface area contributed by atoms with E-state index in [2.05, 4.69) is 10.2 Å². The number of ether oxygens (including phenoxy) is 1. The number of hydrogen-bond donors (Lipinski definition) is 1. The van der Waals surface area contributed by atoms with Gasteiger partial charge in [0.25, 0.3) is 0 Å². The Labute approximate surface area is 125 Å². The molecule has 0 aromatic heterocycles. The highest BCUT2D eigenvalue weighted by Gasteiger charge is 2.18. The third kappa shape index (κ3) is 4.62. The third-order valence-electron chi connectivity index (χ3n) is 3.65. The summed E-state index contributed by atoms with van der Waals surface area (Å²) in [6.07, 6.45) is 2.53. The quantitative estimate of drug-likeness (QED) is 0.874. The minimum Gasteiger partial charge on any atom is -0.491 e. The lowest BCUT2D eigenvalue weighted by atomic mass is 9.98. The van der Waals surface area contributed by atoms with Crippen molar-refractivity contribution in [3.8, 4) is 5.75 Å². The molecule has 0 bridgehead atoms. The number of piperidine rings is 1. The second-order valence-corrected chi connectivity index (χ2v) is 5.70. The van der Waals surface area contributed by atoms with E-state index in [9.17, 15) is 4.39 Å². The van der Waals surface area contributed by atoms with Crippen LogP contribution in [0, 0.1) is 11.7 Å². The standard InChI is InChI=1S/C15H22ClFN2O/c1-18-10-12-3-2-6-19(11-12)7-8-20-15-5-4-13(17)9-14(15)16/h4-5,9,12,18H,2-3,6-8,10-11H2,1H3. The van der Waals surface area contributed by atoms with Gasteiger partial charge in [0.1, 0.15) is 18.2 Å². The molecule has 1 N–H and O–H groups in total. The van der Waals surface area contributed by atoms with Gasteiger partial charge in [-0.2, -0.15) is 0 Å². The van der Waals surface area contributed by atoms with E-state index >= 15 is 0 Å². The van der Waals surface area contributed by atoms with Gasteiger partial charge in [0, 0.05) is 13.1 Å². The molecule has 112 valence electrons. The van der Waals surface area contributed by atoms with Crippen molar-refractivity contribution in [2.75, 3.05) is 39.8 Å². The van der Waals surface area contributed by atoms with E-state index in [1.807, 2.05) is 7.05 Å². The topological polar surface area (TPSA) is 24.5 Å². The van der Waals surface area contributed by atoms with Gasteiger partial charge in [-0.25, -0.2) is 4.39 Å². The molecule has 1 aromatic carbocycles. The van der Waals surface area contributed by atoms with Gasteiger partial charge < -0.3 is 10.1 Å². The fourth-order valence-corrected chi connectivity index (χ4v) is 2.91. The fourth-order valence-electron chi connectivity index (χ4n) is 2.69. The maximum atomic E-state index is 12.9. The van der Waals surface area contributed by atoms with Crippen LogP contribution in [0.15, 0.2) is 18.2 Å². The Balaban J connectivity index is 1.75. The first kappa shape index (κ1) is 15.5. The third-order valence-corrected chi connectivity index (χ3v) is 3.95. The van der Waals surface area contributed by atoms with Crippen LogP contribution in [0.4, 0.5) is 4.39 Å². The van der Waals surface area contributed by atoms with Crippen molar-refractivity contribution in [3.05, 3.63) is 29.0 Å². The molecular weight excluding hydrogens is 279 g/mol. The normalized spacial score (nSPS) is 20.1. The van der Waals surface area contributed by atoms with E-state index in [0.717, 1.165) is 32.1 Å². The van der Waals surface area contributed by atoms with E-state index in [0.29, 0.717) is 17.4 Å². The van der Waals surface area contributed by atoms with Crippen LogP contribution in [0.1, 0.15) is 12.8 Å². The van der Waals surface area contributed by atoms with Crippen molar-refractivity contribution >= 4 is 11.6 Å². The molecule has 1 unspecified atom stereocenters. The lowest BCUT2D eigenvalue weighted by molar-refractivity contribution is 0.146. The lowest BCUT2D eigenvalue weighted by Gasteiger charge is -2.32. The van der Waals surface area contributed by atoms with Crippen LogP contribution < -0.4 is 10.1 Å². The molecule has 5 heteroatoms. The smallest absolute Gasteiger partial charge is 0.138 e. The van der Waals surface area contributed by atoms with Crippen LogP contribution >= 0.6 is 11.6 Å². The van der Waals surface area contributed by atoms with Crippen LogP contribution in [0.25, 0.3) is 0 Å². The molecule has 20 heavy (non-hydrogen) atoms. The van der Waals surface area contributed by atoms with Gasteiger partial charge in [-0.1, -0.05) is 11.6 Å². The van der Waals surface area contributed by atoms with Crippen LogP contribution in [0.5, 0.6) is 5.75 Å². The summed E-state index contributed by atoms with van der Waals surface area (Å²) < 4.78 is 18.6. The number of halogens is 2. The maximum Gasteiger partial charge on any atom is 0.138 e. The molecule has 0 radical (unpaired) electrons. The molecule has 1 aromatic rings. The van der Waals surface area contributed by atoms with Crippen molar-refractivity contribution in [2.45, 2.75) is 12.8 Å². The van der Waals surface area contributed by atoms with Gasteiger partial charge in [-0.3, -0.25) is 4.90 Å². The molecule has 3 nitrogen and oxygen atoms in total. The largest absolute Gasteiger partial charge is 0.491 e. The van der Waals surface area contributed by atoms with Gasteiger partial charge >= 0.3 is 0 Å². The Bertz CT molecular complexity index is 428. The highest BCUT2D eigenvalue weighted by molar-refractivity contribution is 6.32. The van der Waals surface area contributed by atoms with Crippen LogP contribution in [-0.2, 0) is 0 Å². The zero-order valence-corrected chi connectivity index (χ0v) is 12.6. The molecule has 0 saturated carbocycles. The Kier molecular flexibility index (Phi) is 6.07. The monoisotopic (exact) mass is 300 g/mol. The highest BCUT2D eigenvalue weighted by Crippen LogP contribution is 2.25. The summed E-state index contributed by atoms with van der Waals surface area (Å²) in [5.41, 5.74) is 0. The van der Waals surface area contributed by atoms with Crippen LogP contribution in [0.2, 0.25) is 5.02 Å². The molecular formula is C15H22ClFN2O. The van der Waals surface area contributed by atoms with E-state index in [-0.39, 0.29) is 5.82 Å². The number of nitrogens with one attached hydrogen (secondary N) is 1. The molecule has 0 amide bonds. The molecule has 1 aliphatic rings. The summed E-state index contributed by atoms with van der Waals surface area (Å²) in [5.74, 6) is 0.938. The minimum absolute atomic E-state index is 0.330. The predicted octanol–water partition coefficient (Wildman–Crippen LogP) is 2.79. The van der Waals surface area contributed by atoms with Crippen molar-refractivity contribution in [1.29, 1.82) is 0 Å². The molecule has 1 atom stereocenters. The zero-order valence-electron chi connectivity index (χ0n) is 11.9. The van der Waals surface area contributed by atoms with Gasteiger partial charge in [0.05, 0.1) is 5.02 Å². The summed E-state index contributed by atoms with van der Waals surface area (Å²) in [6.45, 7) is 4.77. The molecule has 0 spiro atoms. The van der Waals surface area contributed by atoms with Crippen LogP contribution in [-0.4, -0.2) is 44.7 Å². The Hall–Kier alpha value is -0.840. The summed E-state index contributed by atoms with van der Waals surface area (Å²) in [5, 5.41) is 3.57. The van der Waals surface area contributed by atoms with Gasteiger partial charge in [0.15, 0.2) is 0 Å². The fraction of sp³-hybridized carbons (Fsp3) is 0.600. The van der Waals surface area contributed by atoms with E-state index < -0.39 is 0 Å². The first-order valence-corrected chi connectivity index (χ1v) is 7.51. The first-order chi connectivity index (χ1) is 9.69. The number of nitrogens with zero attached hydrogens (tertiary/aromatic N) is 1. The Morgan fingerprint density at radius 2 is 2.35 bits per heavy atom. The van der Waals surface area contributed by atoms with Gasteiger partial charge in [-0.15, -0.1) is 0 Å². The summed E-state index contributed by atoms with van der Waals surface area (Å²) in [4.78, 5) is 2.42. The van der Waals surface area contributed by atoms with Gasteiger partial charge in [-0.05, 0) is 57.1 Å². The van der Waals surface area contributed by atoms with Crippen molar-refractivity contribution in [1.82, 2.24) is 10.2 Å². The minimum atomic E-state index is -0.340. The molecule has 1 heterocycles.